The van der Waals surface area contributed by atoms with Gasteiger partial charge in [-0.3, -0.25) is 9.69 Å². The first-order valence-electron chi connectivity index (χ1n) is 12.5. The molecule has 1 unspecified atom stereocenters. The van der Waals surface area contributed by atoms with Crippen molar-refractivity contribution in [2.75, 3.05) is 51.2 Å². The number of piperazine rings is 1. The van der Waals surface area contributed by atoms with E-state index in [9.17, 15) is 14.7 Å². The normalized spacial score (nSPS) is 19.9. The molecule has 1 fully saturated rings. The van der Waals surface area contributed by atoms with Crippen molar-refractivity contribution in [1.82, 2.24) is 14.7 Å². The van der Waals surface area contributed by atoms with E-state index in [0.717, 1.165) is 17.5 Å². The molecule has 2 heterocycles. The lowest BCUT2D eigenvalue weighted by molar-refractivity contribution is -0.126. The van der Waals surface area contributed by atoms with E-state index in [-0.39, 0.29) is 18.5 Å². The molecule has 2 aromatic rings. The number of amides is 3. The van der Waals surface area contributed by atoms with Gasteiger partial charge in [0.1, 0.15) is 0 Å². The summed E-state index contributed by atoms with van der Waals surface area (Å²) in [5.74, 6) is 0.106. The number of β-amino-alcohol motifs (C(OH)–C–C–N with tert-alkyl or cyclic N) is 1. The maximum absolute atomic E-state index is 14.2. The van der Waals surface area contributed by atoms with Gasteiger partial charge in [-0.25, -0.2) is 4.79 Å². The molecule has 4 rings (SSSR count). The third-order valence-electron chi connectivity index (χ3n) is 7.08. The standard InChI is InChI=1S/C27H34Cl2N4O3/c1-19(2)8-9-33(26(36)32-12-10-31(11-13-32)14-15-34)27(18-20-4-3-5-21(28)16-20)23-7-6-22(29)17-24(23)30-25(27)35/h3-7,16-17,19,34H,8-15,18H2,1-2H3,(H,30,35). The first-order valence-corrected chi connectivity index (χ1v) is 13.3. The van der Waals surface area contributed by atoms with Crippen LogP contribution in [0.15, 0.2) is 42.5 Å². The highest BCUT2D eigenvalue weighted by molar-refractivity contribution is 6.31. The number of anilines is 1. The van der Waals surface area contributed by atoms with Crippen LogP contribution in [-0.4, -0.2) is 77.6 Å². The third-order valence-corrected chi connectivity index (χ3v) is 7.55. The number of fused-ring (bicyclic) bond motifs is 1. The number of aliphatic hydroxyl groups excluding tert-OH is 1. The monoisotopic (exact) mass is 532 g/mol. The predicted molar refractivity (Wildman–Crippen MR) is 144 cm³/mol. The number of urea groups is 1. The molecule has 3 amide bonds. The van der Waals surface area contributed by atoms with Crippen LogP contribution in [0.5, 0.6) is 0 Å². The summed E-state index contributed by atoms with van der Waals surface area (Å²) in [5.41, 5.74) is 1.01. The zero-order valence-electron chi connectivity index (χ0n) is 20.8. The highest BCUT2D eigenvalue weighted by Crippen LogP contribution is 2.45. The lowest BCUT2D eigenvalue weighted by atomic mass is 9.82. The maximum atomic E-state index is 14.2. The lowest BCUT2D eigenvalue weighted by Gasteiger charge is -2.44. The van der Waals surface area contributed by atoms with Gasteiger partial charge in [-0.15, -0.1) is 0 Å². The first-order chi connectivity index (χ1) is 17.2. The number of hydrogen-bond donors (Lipinski definition) is 2. The summed E-state index contributed by atoms with van der Waals surface area (Å²) in [6.07, 6.45) is 1.05. The number of benzene rings is 2. The fourth-order valence-corrected chi connectivity index (χ4v) is 5.51. The van der Waals surface area contributed by atoms with Gasteiger partial charge in [0.2, 0.25) is 0 Å². The summed E-state index contributed by atoms with van der Waals surface area (Å²) < 4.78 is 0. The van der Waals surface area contributed by atoms with E-state index in [2.05, 4.69) is 24.1 Å². The fourth-order valence-electron chi connectivity index (χ4n) is 5.12. The number of carbonyl (C=O) groups excluding carboxylic acids is 2. The number of rotatable bonds is 8. The van der Waals surface area contributed by atoms with E-state index in [1.165, 1.54) is 0 Å². The second kappa shape index (κ2) is 11.4. The van der Waals surface area contributed by atoms with Crippen molar-refractivity contribution in [3.63, 3.8) is 0 Å². The summed E-state index contributed by atoms with van der Waals surface area (Å²) >= 11 is 12.6. The third kappa shape index (κ3) is 5.49. The van der Waals surface area contributed by atoms with Crippen molar-refractivity contribution in [3.8, 4) is 0 Å². The molecule has 194 valence electrons. The average Bonchev–Trinajstić information content (AvgIpc) is 3.10. The predicted octanol–water partition coefficient (Wildman–Crippen LogP) is 4.46. The van der Waals surface area contributed by atoms with E-state index in [4.69, 9.17) is 23.2 Å². The minimum Gasteiger partial charge on any atom is -0.395 e. The van der Waals surface area contributed by atoms with E-state index >= 15 is 0 Å². The van der Waals surface area contributed by atoms with E-state index in [1.54, 1.807) is 23.1 Å². The summed E-state index contributed by atoms with van der Waals surface area (Å²) in [7, 11) is 0. The Morgan fingerprint density at radius 1 is 1.11 bits per heavy atom. The van der Waals surface area contributed by atoms with Crippen LogP contribution in [0, 0.1) is 5.92 Å². The molecular formula is C27H34Cl2N4O3. The molecule has 0 saturated carbocycles. The molecule has 1 saturated heterocycles. The largest absolute Gasteiger partial charge is 0.395 e. The number of nitrogens with zero attached hydrogens (tertiary/aromatic N) is 3. The Kier molecular flexibility index (Phi) is 8.45. The number of nitrogens with one attached hydrogen (secondary N) is 1. The minimum atomic E-state index is -1.24. The van der Waals surface area contributed by atoms with E-state index in [0.29, 0.717) is 67.3 Å². The Balaban J connectivity index is 1.77. The highest BCUT2D eigenvalue weighted by atomic mass is 35.5. The van der Waals surface area contributed by atoms with Crippen LogP contribution in [0.25, 0.3) is 0 Å². The molecule has 0 aromatic heterocycles. The number of halogens is 2. The molecule has 2 aromatic carbocycles. The molecule has 2 aliphatic rings. The van der Waals surface area contributed by atoms with Crippen molar-refractivity contribution >= 4 is 40.8 Å². The van der Waals surface area contributed by atoms with Crippen LogP contribution >= 0.6 is 23.2 Å². The molecular weight excluding hydrogens is 499 g/mol. The molecule has 0 radical (unpaired) electrons. The molecule has 9 heteroatoms. The number of hydrogen-bond acceptors (Lipinski definition) is 4. The molecule has 36 heavy (non-hydrogen) atoms. The molecule has 7 nitrogen and oxygen atoms in total. The van der Waals surface area contributed by atoms with Gasteiger partial charge >= 0.3 is 6.03 Å². The summed E-state index contributed by atoms with van der Waals surface area (Å²) in [6.45, 7) is 7.80. The van der Waals surface area contributed by atoms with Gasteiger partial charge in [-0.2, -0.15) is 0 Å². The second-order valence-corrected chi connectivity index (χ2v) is 10.9. The molecule has 0 bridgehead atoms. The van der Waals surface area contributed by atoms with Crippen LogP contribution in [0.2, 0.25) is 10.0 Å². The van der Waals surface area contributed by atoms with Crippen LogP contribution in [0.3, 0.4) is 0 Å². The van der Waals surface area contributed by atoms with Gasteiger partial charge in [-0.1, -0.05) is 55.2 Å². The van der Waals surface area contributed by atoms with Gasteiger partial charge in [0.25, 0.3) is 5.91 Å². The highest BCUT2D eigenvalue weighted by Gasteiger charge is 2.54. The van der Waals surface area contributed by atoms with Crippen LogP contribution in [0.4, 0.5) is 10.5 Å². The number of aliphatic hydroxyl groups is 1. The minimum absolute atomic E-state index is 0.0940. The van der Waals surface area contributed by atoms with Crippen LogP contribution < -0.4 is 5.32 Å². The molecule has 2 aliphatic heterocycles. The Morgan fingerprint density at radius 3 is 2.50 bits per heavy atom. The molecule has 1 atom stereocenters. The Hall–Kier alpha value is -2.32. The van der Waals surface area contributed by atoms with E-state index in [1.807, 2.05) is 29.2 Å². The topological polar surface area (TPSA) is 76.1 Å². The smallest absolute Gasteiger partial charge is 0.321 e. The van der Waals surface area contributed by atoms with E-state index < -0.39 is 5.54 Å². The summed E-state index contributed by atoms with van der Waals surface area (Å²) in [5, 5.41) is 13.4. The van der Waals surface area contributed by atoms with Gasteiger partial charge in [0, 0.05) is 67.0 Å². The average molecular weight is 534 g/mol. The van der Waals surface area contributed by atoms with Gasteiger partial charge in [-0.05, 0) is 42.2 Å². The van der Waals surface area contributed by atoms with Crippen molar-refractivity contribution in [3.05, 3.63) is 63.6 Å². The zero-order chi connectivity index (χ0) is 25.9. The van der Waals surface area contributed by atoms with Crippen molar-refractivity contribution in [2.24, 2.45) is 5.92 Å². The van der Waals surface area contributed by atoms with Crippen molar-refractivity contribution in [2.45, 2.75) is 32.2 Å². The van der Waals surface area contributed by atoms with Crippen LogP contribution in [0.1, 0.15) is 31.4 Å². The zero-order valence-corrected chi connectivity index (χ0v) is 22.4. The first kappa shape index (κ1) is 26.7. The lowest BCUT2D eigenvalue weighted by Crippen LogP contribution is -2.61. The molecule has 2 N–H and O–H groups in total. The molecule has 0 spiro atoms. The maximum Gasteiger partial charge on any atom is 0.321 e. The molecule has 0 aliphatic carbocycles. The fraction of sp³-hybridized carbons (Fsp3) is 0.481. The van der Waals surface area contributed by atoms with Crippen molar-refractivity contribution < 1.29 is 14.7 Å². The summed E-state index contributed by atoms with van der Waals surface area (Å²) in [4.78, 5) is 33.9. The Labute approximate surface area is 223 Å². The Morgan fingerprint density at radius 2 is 1.83 bits per heavy atom. The number of carbonyl (C=O) groups is 2. The second-order valence-electron chi connectivity index (χ2n) is 9.98. The van der Waals surface area contributed by atoms with Gasteiger partial charge in [0.15, 0.2) is 5.54 Å². The quantitative estimate of drug-likeness (QED) is 0.526. The Bertz CT molecular complexity index is 1100. The SMILES string of the molecule is CC(C)CCN(C(=O)N1CCN(CCO)CC1)C1(Cc2cccc(Cl)c2)C(=O)Nc2cc(Cl)ccc21. The van der Waals surface area contributed by atoms with Crippen LogP contribution in [-0.2, 0) is 16.8 Å². The van der Waals surface area contributed by atoms with Gasteiger partial charge in [0.05, 0.1) is 6.61 Å². The van der Waals surface area contributed by atoms with Crippen molar-refractivity contribution in [1.29, 1.82) is 0 Å². The van der Waals surface area contributed by atoms with Gasteiger partial charge < -0.3 is 20.2 Å². The summed E-state index contributed by atoms with van der Waals surface area (Å²) in [6, 6.07) is 12.7.